The highest BCUT2D eigenvalue weighted by Crippen LogP contribution is 2.19. The van der Waals surface area contributed by atoms with Crippen LogP contribution in [0.5, 0.6) is 11.5 Å². The molecule has 126 valence electrons. The average molecular weight is 323 g/mol. The summed E-state index contributed by atoms with van der Waals surface area (Å²) in [5.74, 6) is 1.85. The molecular formula is C16H21NO6. The minimum Gasteiger partial charge on any atom is -0.509 e. The minimum atomic E-state index is -0.831. The third-order valence-electron chi connectivity index (χ3n) is 3.46. The lowest BCUT2D eigenvalue weighted by molar-refractivity contribution is 0.0771. The maximum Gasteiger partial charge on any atom is 0.513 e. The van der Waals surface area contributed by atoms with Crippen molar-refractivity contribution in [1.29, 1.82) is 0 Å². The van der Waals surface area contributed by atoms with E-state index in [0.29, 0.717) is 32.7 Å². The van der Waals surface area contributed by atoms with Crippen molar-refractivity contribution in [2.24, 2.45) is 0 Å². The Labute approximate surface area is 135 Å². The van der Waals surface area contributed by atoms with Gasteiger partial charge >= 0.3 is 6.16 Å². The van der Waals surface area contributed by atoms with Crippen molar-refractivity contribution in [1.82, 2.24) is 4.90 Å². The zero-order valence-electron chi connectivity index (χ0n) is 13.3. The molecule has 7 heteroatoms. The summed E-state index contributed by atoms with van der Waals surface area (Å²) < 4.78 is 20.1. The van der Waals surface area contributed by atoms with E-state index in [-0.39, 0.29) is 11.5 Å². The predicted molar refractivity (Wildman–Crippen MR) is 82.7 cm³/mol. The van der Waals surface area contributed by atoms with Gasteiger partial charge in [0.05, 0.1) is 20.8 Å². The van der Waals surface area contributed by atoms with E-state index in [1.165, 1.54) is 7.11 Å². The van der Waals surface area contributed by atoms with Crippen molar-refractivity contribution in [2.75, 3.05) is 40.5 Å². The number of hydrogen-bond acceptors (Lipinski definition) is 7. The fraction of sp³-hybridized carbons (Fsp3) is 0.438. The Balaban J connectivity index is 1.78. The Morgan fingerprint density at radius 1 is 1.22 bits per heavy atom. The molecule has 1 aromatic rings. The number of benzene rings is 1. The van der Waals surface area contributed by atoms with E-state index in [0.717, 1.165) is 11.5 Å². The standard InChI is InChI=1S/C16H21NO6/c1-20-12-3-5-13(6-4-12)22-10-9-17-8-7-14(18)15(11-17)23-16(19)21-2/h3-6,18H,7-11H2,1-2H3. The van der Waals surface area contributed by atoms with Crippen LogP contribution in [-0.2, 0) is 9.47 Å². The van der Waals surface area contributed by atoms with Gasteiger partial charge in [0.15, 0.2) is 5.76 Å². The topological polar surface area (TPSA) is 77.5 Å². The van der Waals surface area contributed by atoms with Gasteiger partial charge in [0.25, 0.3) is 0 Å². The summed E-state index contributed by atoms with van der Waals surface area (Å²) in [4.78, 5) is 13.2. The highest BCUT2D eigenvalue weighted by atomic mass is 16.7. The van der Waals surface area contributed by atoms with E-state index in [4.69, 9.17) is 14.2 Å². The second-order valence-electron chi connectivity index (χ2n) is 4.98. The van der Waals surface area contributed by atoms with Gasteiger partial charge in [0.2, 0.25) is 0 Å². The number of nitrogens with zero attached hydrogens (tertiary/aromatic N) is 1. The first-order chi connectivity index (χ1) is 11.1. The first-order valence-corrected chi connectivity index (χ1v) is 7.28. The molecule has 7 nitrogen and oxygen atoms in total. The molecule has 0 saturated carbocycles. The first-order valence-electron chi connectivity index (χ1n) is 7.28. The SMILES string of the molecule is COC(=O)OC1=C(O)CCN(CCOc2ccc(OC)cc2)C1. The van der Waals surface area contributed by atoms with Crippen LogP contribution in [0.4, 0.5) is 4.79 Å². The molecular weight excluding hydrogens is 302 g/mol. The molecule has 0 radical (unpaired) electrons. The van der Waals surface area contributed by atoms with Gasteiger partial charge in [-0.05, 0) is 24.3 Å². The number of aliphatic hydroxyl groups is 1. The summed E-state index contributed by atoms with van der Waals surface area (Å²) in [6, 6.07) is 7.34. The highest BCUT2D eigenvalue weighted by Gasteiger charge is 2.22. The van der Waals surface area contributed by atoms with Gasteiger partial charge in [-0.3, -0.25) is 4.90 Å². The quantitative estimate of drug-likeness (QED) is 0.805. The third kappa shape index (κ3) is 5.07. The molecule has 0 fully saturated rings. The Morgan fingerprint density at radius 2 is 1.91 bits per heavy atom. The number of methoxy groups -OCH3 is 2. The molecule has 0 aliphatic carbocycles. The smallest absolute Gasteiger partial charge is 0.509 e. The summed E-state index contributed by atoms with van der Waals surface area (Å²) in [5.41, 5.74) is 0. The summed E-state index contributed by atoms with van der Waals surface area (Å²) in [5, 5.41) is 9.76. The molecule has 0 unspecified atom stereocenters. The largest absolute Gasteiger partial charge is 0.513 e. The maximum atomic E-state index is 11.1. The van der Waals surface area contributed by atoms with Crippen LogP contribution >= 0.6 is 0 Å². The van der Waals surface area contributed by atoms with Crippen molar-refractivity contribution in [3.63, 3.8) is 0 Å². The number of rotatable bonds is 6. The van der Waals surface area contributed by atoms with Crippen LogP contribution in [0, 0.1) is 0 Å². The van der Waals surface area contributed by atoms with E-state index in [2.05, 4.69) is 4.74 Å². The van der Waals surface area contributed by atoms with Crippen LogP contribution in [0.3, 0.4) is 0 Å². The van der Waals surface area contributed by atoms with Crippen molar-refractivity contribution in [2.45, 2.75) is 6.42 Å². The summed E-state index contributed by atoms with van der Waals surface area (Å²) in [6.07, 6.45) is -0.405. The van der Waals surface area contributed by atoms with E-state index in [1.54, 1.807) is 7.11 Å². The van der Waals surface area contributed by atoms with Crippen molar-refractivity contribution in [3.8, 4) is 11.5 Å². The van der Waals surface area contributed by atoms with E-state index >= 15 is 0 Å². The zero-order chi connectivity index (χ0) is 16.7. The molecule has 1 aromatic carbocycles. The fourth-order valence-corrected chi connectivity index (χ4v) is 2.17. The lowest BCUT2D eigenvalue weighted by Gasteiger charge is -2.27. The Hall–Kier alpha value is -2.41. The lowest BCUT2D eigenvalue weighted by atomic mass is 10.2. The molecule has 1 aliphatic rings. The normalized spacial score (nSPS) is 15.2. The second-order valence-corrected chi connectivity index (χ2v) is 4.98. The van der Waals surface area contributed by atoms with Gasteiger partial charge in [0.1, 0.15) is 23.9 Å². The number of carbonyl (C=O) groups is 1. The molecule has 0 bridgehead atoms. The summed E-state index contributed by atoms with van der Waals surface area (Å²) in [6.45, 7) is 2.14. The van der Waals surface area contributed by atoms with Gasteiger partial charge in [-0.1, -0.05) is 0 Å². The maximum absolute atomic E-state index is 11.1. The van der Waals surface area contributed by atoms with Crippen LogP contribution in [0.2, 0.25) is 0 Å². The van der Waals surface area contributed by atoms with Crippen molar-refractivity contribution in [3.05, 3.63) is 35.8 Å². The molecule has 0 spiro atoms. The number of hydrogen-bond donors (Lipinski definition) is 1. The summed E-state index contributed by atoms with van der Waals surface area (Å²) in [7, 11) is 2.84. The summed E-state index contributed by atoms with van der Waals surface area (Å²) >= 11 is 0. The average Bonchev–Trinajstić information content (AvgIpc) is 2.58. The monoisotopic (exact) mass is 323 g/mol. The number of aliphatic hydroxyl groups excluding tert-OH is 1. The molecule has 23 heavy (non-hydrogen) atoms. The van der Waals surface area contributed by atoms with Crippen LogP contribution < -0.4 is 9.47 Å². The second kappa shape index (κ2) is 8.28. The minimum absolute atomic E-state index is 0.0859. The number of ether oxygens (including phenoxy) is 4. The molecule has 0 amide bonds. The molecule has 2 rings (SSSR count). The van der Waals surface area contributed by atoms with Crippen LogP contribution in [0.25, 0.3) is 0 Å². The van der Waals surface area contributed by atoms with Crippen LogP contribution in [0.15, 0.2) is 35.8 Å². The Bertz CT molecular complexity index is 554. The van der Waals surface area contributed by atoms with Crippen LogP contribution in [0.1, 0.15) is 6.42 Å². The number of carbonyl (C=O) groups excluding carboxylic acids is 1. The molecule has 1 aliphatic heterocycles. The van der Waals surface area contributed by atoms with Gasteiger partial charge < -0.3 is 24.1 Å². The predicted octanol–water partition coefficient (Wildman–Crippen LogP) is 2.33. The van der Waals surface area contributed by atoms with Crippen molar-refractivity contribution < 1.29 is 28.8 Å². The van der Waals surface area contributed by atoms with Gasteiger partial charge in [-0.25, -0.2) is 4.79 Å². The molecule has 1 heterocycles. The molecule has 0 aromatic heterocycles. The Kier molecular flexibility index (Phi) is 6.10. The van der Waals surface area contributed by atoms with E-state index in [1.807, 2.05) is 29.2 Å². The highest BCUT2D eigenvalue weighted by molar-refractivity contribution is 5.61. The first kappa shape index (κ1) is 17.0. The molecule has 0 saturated heterocycles. The Morgan fingerprint density at radius 3 is 2.57 bits per heavy atom. The van der Waals surface area contributed by atoms with Gasteiger partial charge in [0, 0.05) is 19.5 Å². The third-order valence-corrected chi connectivity index (χ3v) is 3.46. The van der Waals surface area contributed by atoms with E-state index < -0.39 is 6.16 Å². The fourth-order valence-electron chi connectivity index (χ4n) is 2.17. The molecule has 0 atom stereocenters. The van der Waals surface area contributed by atoms with Gasteiger partial charge in [-0.2, -0.15) is 0 Å². The molecule has 1 N–H and O–H groups in total. The van der Waals surface area contributed by atoms with Gasteiger partial charge in [-0.15, -0.1) is 0 Å². The van der Waals surface area contributed by atoms with Crippen molar-refractivity contribution >= 4 is 6.16 Å². The van der Waals surface area contributed by atoms with Crippen LogP contribution in [-0.4, -0.2) is 56.6 Å². The zero-order valence-corrected chi connectivity index (χ0v) is 13.3. The van der Waals surface area contributed by atoms with E-state index in [9.17, 15) is 9.90 Å². The lowest BCUT2D eigenvalue weighted by Crippen LogP contribution is -2.36.